The Morgan fingerprint density at radius 3 is 2.60 bits per heavy atom. The summed E-state index contributed by atoms with van der Waals surface area (Å²) >= 11 is 3.43. The van der Waals surface area contributed by atoms with Crippen molar-refractivity contribution in [2.75, 3.05) is 11.9 Å². The predicted molar refractivity (Wildman–Crippen MR) is 44.1 cm³/mol. The van der Waals surface area contributed by atoms with E-state index in [9.17, 15) is 4.79 Å². The van der Waals surface area contributed by atoms with Crippen LogP contribution in [0.25, 0.3) is 0 Å². The molecule has 1 N–H and O–H groups in total. The molecular formula is C7H12BrNO. The zero-order valence-electron chi connectivity index (χ0n) is 6.11. The predicted octanol–water partition coefficient (Wildman–Crippen LogP) is 1.30. The Labute approximate surface area is 69.5 Å². The summed E-state index contributed by atoms with van der Waals surface area (Å²) in [5.41, 5.74) is 0.408. The lowest BCUT2D eigenvalue weighted by molar-refractivity contribution is -0.119. The highest BCUT2D eigenvalue weighted by Gasteiger charge is 2.41. The van der Waals surface area contributed by atoms with Gasteiger partial charge < -0.3 is 5.32 Å². The molecule has 2 nitrogen and oxygen atoms in total. The second kappa shape index (κ2) is 2.91. The fourth-order valence-electron chi connectivity index (χ4n) is 0.846. The number of hydrogen-bond acceptors (Lipinski definition) is 1. The van der Waals surface area contributed by atoms with Gasteiger partial charge in [0, 0.05) is 18.8 Å². The van der Waals surface area contributed by atoms with E-state index in [2.05, 4.69) is 21.2 Å². The van der Waals surface area contributed by atoms with E-state index in [0.717, 1.165) is 11.9 Å². The van der Waals surface area contributed by atoms with Gasteiger partial charge >= 0.3 is 0 Å². The van der Waals surface area contributed by atoms with E-state index in [1.807, 2.05) is 0 Å². The summed E-state index contributed by atoms with van der Waals surface area (Å²) in [6.45, 7) is 2.40. The van der Waals surface area contributed by atoms with Crippen molar-refractivity contribution in [3.05, 3.63) is 0 Å². The van der Waals surface area contributed by atoms with E-state index in [4.69, 9.17) is 0 Å². The first-order valence-corrected chi connectivity index (χ1v) is 4.61. The number of rotatable bonds is 3. The van der Waals surface area contributed by atoms with Crippen LogP contribution in [0.2, 0.25) is 0 Å². The van der Waals surface area contributed by atoms with Crippen LogP contribution < -0.4 is 5.32 Å². The molecule has 0 saturated heterocycles. The molecule has 0 unspecified atom stereocenters. The molecule has 58 valence electrons. The molecule has 0 atom stereocenters. The van der Waals surface area contributed by atoms with E-state index >= 15 is 0 Å². The third kappa shape index (κ3) is 1.97. The maximum Gasteiger partial charge on any atom is 0.216 e. The lowest BCUT2D eigenvalue weighted by Crippen LogP contribution is -2.28. The molecule has 0 aromatic rings. The zero-order chi connectivity index (χ0) is 7.61. The van der Waals surface area contributed by atoms with Crippen LogP contribution >= 0.6 is 15.9 Å². The molecule has 1 aliphatic carbocycles. The van der Waals surface area contributed by atoms with Crippen LogP contribution in [0.3, 0.4) is 0 Å². The van der Waals surface area contributed by atoms with Crippen molar-refractivity contribution in [3.63, 3.8) is 0 Å². The molecule has 0 radical (unpaired) electrons. The fraction of sp³-hybridized carbons (Fsp3) is 0.857. The third-order valence-corrected chi connectivity index (χ3v) is 3.14. The molecular weight excluding hydrogens is 194 g/mol. The Hall–Kier alpha value is -0.0500. The highest BCUT2D eigenvalue weighted by atomic mass is 79.9. The minimum Gasteiger partial charge on any atom is -0.356 e. The van der Waals surface area contributed by atoms with Crippen molar-refractivity contribution in [3.8, 4) is 0 Å². The van der Waals surface area contributed by atoms with Crippen molar-refractivity contribution >= 4 is 21.8 Å². The van der Waals surface area contributed by atoms with E-state index in [1.54, 1.807) is 6.92 Å². The molecule has 1 rings (SSSR count). The van der Waals surface area contributed by atoms with Crippen LogP contribution in [0.5, 0.6) is 0 Å². The van der Waals surface area contributed by atoms with Crippen molar-refractivity contribution in [2.45, 2.75) is 19.8 Å². The summed E-state index contributed by atoms with van der Waals surface area (Å²) in [5, 5.41) is 3.84. The number of hydrogen-bond donors (Lipinski definition) is 1. The Bertz CT molecular complexity index is 143. The quantitative estimate of drug-likeness (QED) is 0.692. The van der Waals surface area contributed by atoms with Gasteiger partial charge in [-0.1, -0.05) is 15.9 Å². The molecule has 0 spiro atoms. The van der Waals surface area contributed by atoms with Gasteiger partial charge in [-0.05, 0) is 18.3 Å². The standard InChI is InChI=1S/C7H12BrNO/c1-6(10)9-5-7(4-8)2-3-7/h2-5H2,1H3,(H,9,10). The molecule has 1 saturated carbocycles. The SMILES string of the molecule is CC(=O)NCC1(CBr)CC1. The van der Waals surface area contributed by atoms with Gasteiger partial charge in [0.05, 0.1) is 0 Å². The van der Waals surface area contributed by atoms with Gasteiger partial charge in [0.15, 0.2) is 0 Å². The smallest absolute Gasteiger partial charge is 0.216 e. The van der Waals surface area contributed by atoms with Gasteiger partial charge in [-0.25, -0.2) is 0 Å². The monoisotopic (exact) mass is 205 g/mol. The topological polar surface area (TPSA) is 29.1 Å². The minimum atomic E-state index is 0.0761. The summed E-state index contributed by atoms with van der Waals surface area (Å²) in [5.74, 6) is 0.0761. The summed E-state index contributed by atoms with van der Waals surface area (Å²) in [6, 6.07) is 0. The molecule has 3 heteroatoms. The Kier molecular flexibility index (Phi) is 2.34. The van der Waals surface area contributed by atoms with Crippen LogP contribution in [0.15, 0.2) is 0 Å². The first-order valence-electron chi connectivity index (χ1n) is 3.49. The molecule has 0 heterocycles. The third-order valence-electron chi connectivity index (χ3n) is 1.95. The van der Waals surface area contributed by atoms with E-state index < -0.39 is 0 Å². The largest absolute Gasteiger partial charge is 0.356 e. The van der Waals surface area contributed by atoms with Crippen LogP contribution in [0.1, 0.15) is 19.8 Å². The van der Waals surface area contributed by atoms with Gasteiger partial charge in [-0.15, -0.1) is 0 Å². The van der Waals surface area contributed by atoms with Crippen LogP contribution in [-0.2, 0) is 4.79 Å². The zero-order valence-corrected chi connectivity index (χ0v) is 7.70. The van der Waals surface area contributed by atoms with Gasteiger partial charge in [-0.3, -0.25) is 4.79 Å². The lowest BCUT2D eigenvalue weighted by Gasteiger charge is -2.10. The number of carbonyl (C=O) groups excluding carboxylic acids is 1. The van der Waals surface area contributed by atoms with Gasteiger partial charge in [-0.2, -0.15) is 0 Å². The van der Waals surface area contributed by atoms with Gasteiger partial charge in [0.2, 0.25) is 5.91 Å². The van der Waals surface area contributed by atoms with Crippen molar-refractivity contribution in [1.29, 1.82) is 0 Å². The second-order valence-electron chi connectivity index (χ2n) is 3.04. The summed E-state index contributed by atoms with van der Waals surface area (Å²) < 4.78 is 0. The second-order valence-corrected chi connectivity index (χ2v) is 3.60. The molecule has 0 bridgehead atoms. The minimum absolute atomic E-state index is 0.0761. The van der Waals surface area contributed by atoms with Crippen molar-refractivity contribution < 1.29 is 4.79 Å². The maximum atomic E-state index is 10.5. The number of amides is 1. The van der Waals surface area contributed by atoms with E-state index in [-0.39, 0.29) is 5.91 Å². The Morgan fingerprint density at radius 1 is 1.70 bits per heavy atom. The molecule has 0 aromatic carbocycles. The number of nitrogens with one attached hydrogen (secondary N) is 1. The maximum absolute atomic E-state index is 10.5. The lowest BCUT2D eigenvalue weighted by atomic mass is 10.1. The highest BCUT2D eigenvalue weighted by Crippen LogP contribution is 2.46. The number of alkyl halides is 1. The normalized spacial score (nSPS) is 20.2. The van der Waals surface area contributed by atoms with Crippen LogP contribution in [-0.4, -0.2) is 17.8 Å². The number of halogens is 1. The van der Waals surface area contributed by atoms with Crippen LogP contribution in [0, 0.1) is 5.41 Å². The summed E-state index contributed by atoms with van der Waals surface area (Å²) in [6.07, 6.45) is 2.50. The van der Waals surface area contributed by atoms with E-state index in [1.165, 1.54) is 12.8 Å². The first-order chi connectivity index (χ1) is 4.68. The summed E-state index contributed by atoms with van der Waals surface area (Å²) in [4.78, 5) is 10.5. The molecule has 1 aliphatic rings. The average Bonchev–Trinajstić information content (AvgIpc) is 2.64. The number of carbonyl (C=O) groups is 1. The molecule has 10 heavy (non-hydrogen) atoms. The molecule has 0 aromatic heterocycles. The van der Waals surface area contributed by atoms with Crippen molar-refractivity contribution in [1.82, 2.24) is 5.32 Å². The van der Waals surface area contributed by atoms with Crippen molar-refractivity contribution in [2.24, 2.45) is 5.41 Å². The van der Waals surface area contributed by atoms with E-state index in [0.29, 0.717) is 5.41 Å². The molecule has 1 fully saturated rings. The van der Waals surface area contributed by atoms with Gasteiger partial charge in [0.1, 0.15) is 0 Å². The summed E-state index contributed by atoms with van der Waals surface area (Å²) in [7, 11) is 0. The fourth-order valence-corrected chi connectivity index (χ4v) is 1.61. The van der Waals surface area contributed by atoms with Crippen LogP contribution in [0.4, 0.5) is 0 Å². The first kappa shape index (κ1) is 8.05. The Balaban J connectivity index is 2.19. The average molecular weight is 206 g/mol. The molecule has 0 aliphatic heterocycles. The molecule has 1 amide bonds. The van der Waals surface area contributed by atoms with Gasteiger partial charge in [0.25, 0.3) is 0 Å². The Morgan fingerprint density at radius 2 is 2.30 bits per heavy atom. The highest BCUT2D eigenvalue weighted by molar-refractivity contribution is 9.09.